The van der Waals surface area contributed by atoms with Gasteiger partial charge < -0.3 is 5.11 Å². The molecule has 3 aromatic rings. The van der Waals surface area contributed by atoms with Gasteiger partial charge in [-0.05, 0) is 23.3 Å². The number of aryl methyl sites for hydroxylation is 2. The summed E-state index contributed by atoms with van der Waals surface area (Å²) in [5.41, 5.74) is 0.929. The number of aromatic hydroxyl groups is 1. The number of rotatable bonds is 3. The van der Waals surface area contributed by atoms with Gasteiger partial charge >= 0.3 is 0 Å². The van der Waals surface area contributed by atoms with Crippen LogP contribution < -0.4 is 0 Å². The fourth-order valence-corrected chi connectivity index (χ4v) is 2.11. The van der Waals surface area contributed by atoms with Crippen molar-refractivity contribution in [2.24, 2.45) is 0 Å². The molecule has 0 bridgehead atoms. The lowest BCUT2D eigenvalue weighted by Crippen LogP contribution is -1.95. The molecule has 90 valence electrons. The molecule has 0 radical (unpaired) electrons. The lowest BCUT2D eigenvalue weighted by Gasteiger charge is -2.07. The Bertz CT molecular complexity index is 664. The topological polar surface area (TPSA) is 74.7 Å². The lowest BCUT2D eigenvalue weighted by molar-refractivity contribution is 0.469. The summed E-state index contributed by atoms with van der Waals surface area (Å²) in [6, 6.07) is 11.7. The van der Waals surface area contributed by atoms with Crippen molar-refractivity contribution in [1.29, 1.82) is 0 Å². The van der Waals surface area contributed by atoms with Crippen molar-refractivity contribution >= 4 is 10.8 Å². The van der Waals surface area contributed by atoms with Gasteiger partial charge in [0.05, 0.1) is 0 Å². The van der Waals surface area contributed by atoms with Gasteiger partial charge in [-0.2, -0.15) is 5.21 Å². The van der Waals surface area contributed by atoms with Gasteiger partial charge in [-0.1, -0.05) is 35.5 Å². The average molecular weight is 240 g/mol. The maximum Gasteiger partial charge on any atom is 0.174 e. The average Bonchev–Trinajstić information content (AvgIpc) is 2.91. The molecule has 2 aromatic carbocycles. The molecule has 0 fully saturated rings. The number of phenolic OH excluding ortho intramolecular Hbond substituents is 1. The zero-order chi connectivity index (χ0) is 12.4. The van der Waals surface area contributed by atoms with Gasteiger partial charge in [-0.3, -0.25) is 0 Å². The molecule has 5 heteroatoms. The minimum atomic E-state index is 0.317. The van der Waals surface area contributed by atoms with Crippen molar-refractivity contribution < 1.29 is 5.11 Å². The van der Waals surface area contributed by atoms with Crippen LogP contribution in [0.3, 0.4) is 0 Å². The van der Waals surface area contributed by atoms with Crippen LogP contribution in [-0.4, -0.2) is 25.7 Å². The number of aromatic amines is 1. The molecule has 0 amide bonds. The Morgan fingerprint density at radius 1 is 1.06 bits per heavy atom. The standard InChI is InChI=1S/C13H12N4O/c18-12-7-5-9-3-1-2-4-10(9)11(12)6-8-13-14-16-17-15-13/h1-5,7,18H,6,8H2,(H,14,15,16,17). The second kappa shape index (κ2) is 4.44. The largest absolute Gasteiger partial charge is 0.508 e. The first kappa shape index (κ1) is 10.7. The zero-order valence-electron chi connectivity index (χ0n) is 9.67. The molecule has 3 rings (SSSR count). The second-order valence-electron chi connectivity index (χ2n) is 4.11. The number of aromatic nitrogens is 4. The van der Waals surface area contributed by atoms with Crippen LogP contribution in [0.1, 0.15) is 11.4 Å². The summed E-state index contributed by atoms with van der Waals surface area (Å²) in [7, 11) is 0. The highest BCUT2D eigenvalue weighted by Crippen LogP contribution is 2.27. The Morgan fingerprint density at radius 3 is 2.78 bits per heavy atom. The molecule has 2 N–H and O–H groups in total. The fourth-order valence-electron chi connectivity index (χ4n) is 2.11. The molecule has 0 aliphatic heterocycles. The van der Waals surface area contributed by atoms with Crippen molar-refractivity contribution in [3.63, 3.8) is 0 Å². The first-order valence-corrected chi connectivity index (χ1v) is 5.76. The summed E-state index contributed by atoms with van der Waals surface area (Å²) in [6.45, 7) is 0. The van der Waals surface area contributed by atoms with E-state index in [1.165, 1.54) is 0 Å². The molecular weight excluding hydrogens is 228 g/mol. The normalized spacial score (nSPS) is 10.9. The first-order chi connectivity index (χ1) is 8.84. The van der Waals surface area contributed by atoms with E-state index >= 15 is 0 Å². The Hall–Kier alpha value is -2.43. The predicted molar refractivity (Wildman–Crippen MR) is 67.2 cm³/mol. The highest BCUT2D eigenvalue weighted by molar-refractivity contribution is 5.87. The minimum absolute atomic E-state index is 0.317. The van der Waals surface area contributed by atoms with Crippen molar-refractivity contribution in [2.45, 2.75) is 12.8 Å². The van der Waals surface area contributed by atoms with Crippen molar-refractivity contribution in [2.75, 3.05) is 0 Å². The summed E-state index contributed by atoms with van der Waals surface area (Å²) < 4.78 is 0. The highest BCUT2D eigenvalue weighted by atomic mass is 16.3. The Labute approximate surface area is 103 Å². The van der Waals surface area contributed by atoms with E-state index < -0.39 is 0 Å². The summed E-state index contributed by atoms with van der Waals surface area (Å²) >= 11 is 0. The summed E-state index contributed by atoms with van der Waals surface area (Å²) in [4.78, 5) is 0. The molecular formula is C13H12N4O. The monoisotopic (exact) mass is 240 g/mol. The third-order valence-corrected chi connectivity index (χ3v) is 3.00. The van der Waals surface area contributed by atoms with E-state index in [1.54, 1.807) is 6.07 Å². The molecule has 0 spiro atoms. The van der Waals surface area contributed by atoms with Gasteiger partial charge in [0.15, 0.2) is 5.82 Å². The molecule has 1 heterocycles. The Balaban J connectivity index is 1.97. The third-order valence-electron chi connectivity index (χ3n) is 3.00. The molecule has 0 saturated heterocycles. The maximum atomic E-state index is 9.97. The molecule has 0 unspecified atom stereocenters. The van der Waals surface area contributed by atoms with Crippen LogP contribution in [0.15, 0.2) is 36.4 Å². The fraction of sp³-hybridized carbons (Fsp3) is 0.154. The van der Waals surface area contributed by atoms with Crippen molar-refractivity contribution in [1.82, 2.24) is 20.6 Å². The summed E-state index contributed by atoms with van der Waals surface area (Å²) in [5.74, 6) is 0.972. The number of nitrogens with zero attached hydrogens (tertiary/aromatic N) is 3. The number of H-pyrrole nitrogens is 1. The molecule has 0 aliphatic carbocycles. The van der Waals surface area contributed by atoms with Gasteiger partial charge in [0.1, 0.15) is 5.75 Å². The van der Waals surface area contributed by atoms with Gasteiger partial charge in [0.2, 0.25) is 0 Å². The van der Waals surface area contributed by atoms with Crippen LogP contribution in [0.4, 0.5) is 0 Å². The predicted octanol–water partition coefficient (Wildman–Crippen LogP) is 1.84. The first-order valence-electron chi connectivity index (χ1n) is 5.76. The van der Waals surface area contributed by atoms with Crippen LogP contribution in [0.2, 0.25) is 0 Å². The Morgan fingerprint density at radius 2 is 1.94 bits per heavy atom. The van der Waals surface area contributed by atoms with Gasteiger partial charge in [-0.25, -0.2) is 0 Å². The molecule has 1 aromatic heterocycles. The van der Waals surface area contributed by atoms with E-state index in [-0.39, 0.29) is 0 Å². The summed E-state index contributed by atoms with van der Waals surface area (Å²) in [6.07, 6.45) is 1.34. The zero-order valence-corrected chi connectivity index (χ0v) is 9.67. The van der Waals surface area contributed by atoms with Crippen LogP contribution in [0, 0.1) is 0 Å². The third kappa shape index (κ3) is 1.90. The highest BCUT2D eigenvalue weighted by Gasteiger charge is 2.08. The van der Waals surface area contributed by atoms with Crippen molar-refractivity contribution in [3.8, 4) is 5.75 Å². The smallest absolute Gasteiger partial charge is 0.174 e. The molecule has 0 aliphatic rings. The number of tetrazole rings is 1. The van der Waals surface area contributed by atoms with E-state index in [1.807, 2.05) is 30.3 Å². The van der Waals surface area contributed by atoms with Gasteiger partial charge in [-0.15, -0.1) is 10.2 Å². The molecule has 0 atom stereocenters. The van der Waals surface area contributed by atoms with Crippen LogP contribution in [-0.2, 0) is 12.8 Å². The quantitative estimate of drug-likeness (QED) is 0.732. The number of benzene rings is 2. The number of phenols is 1. The van der Waals surface area contributed by atoms with Crippen LogP contribution in [0.25, 0.3) is 10.8 Å². The molecule has 0 saturated carbocycles. The molecule has 5 nitrogen and oxygen atoms in total. The van der Waals surface area contributed by atoms with E-state index in [2.05, 4.69) is 20.6 Å². The number of nitrogens with one attached hydrogen (secondary N) is 1. The number of fused-ring (bicyclic) bond motifs is 1. The number of hydrogen-bond acceptors (Lipinski definition) is 4. The number of hydrogen-bond donors (Lipinski definition) is 2. The van der Waals surface area contributed by atoms with E-state index in [4.69, 9.17) is 0 Å². The van der Waals surface area contributed by atoms with Gasteiger partial charge in [0, 0.05) is 12.0 Å². The van der Waals surface area contributed by atoms with Gasteiger partial charge in [0.25, 0.3) is 0 Å². The SMILES string of the molecule is Oc1ccc2ccccc2c1CCc1nn[nH]n1. The van der Waals surface area contributed by atoms with E-state index in [0.29, 0.717) is 24.4 Å². The lowest BCUT2D eigenvalue weighted by atomic mass is 10.00. The summed E-state index contributed by atoms with van der Waals surface area (Å²) in [5, 5.41) is 25.9. The van der Waals surface area contributed by atoms with E-state index in [9.17, 15) is 5.11 Å². The Kier molecular flexibility index (Phi) is 2.64. The van der Waals surface area contributed by atoms with E-state index in [0.717, 1.165) is 16.3 Å². The van der Waals surface area contributed by atoms with Crippen molar-refractivity contribution in [3.05, 3.63) is 47.8 Å². The molecule has 18 heavy (non-hydrogen) atoms. The maximum absolute atomic E-state index is 9.97. The van der Waals surface area contributed by atoms with Crippen LogP contribution in [0.5, 0.6) is 5.75 Å². The second-order valence-corrected chi connectivity index (χ2v) is 4.11. The van der Waals surface area contributed by atoms with Crippen LogP contribution >= 0.6 is 0 Å². The minimum Gasteiger partial charge on any atom is -0.508 e.